The van der Waals surface area contributed by atoms with Gasteiger partial charge in [0.1, 0.15) is 0 Å². The predicted octanol–water partition coefficient (Wildman–Crippen LogP) is 3.72. The SMILES string of the molecule is COc1cc(/C=C/C(=O)N2C3CCC2CC(S(=O)(=O)c2ccccc2)C3)cc(OC)c1OC. The molecule has 2 aromatic rings. The van der Waals surface area contributed by atoms with Gasteiger partial charge in [0.05, 0.1) is 31.5 Å². The lowest BCUT2D eigenvalue weighted by atomic mass is 10.0. The summed E-state index contributed by atoms with van der Waals surface area (Å²) in [5, 5.41) is -0.458. The summed E-state index contributed by atoms with van der Waals surface area (Å²) in [5.74, 6) is 1.40. The summed E-state index contributed by atoms with van der Waals surface area (Å²) < 4.78 is 42.3. The molecule has 0 saturated carbocycles. The number of sulfone groups is 1. The van der Waals surface area contributed by atoms with Crippen LogP contribution in [-0.4, -0.2) is 57.9 Å². The van der Waals surface area contributed by atoms with E-state index in [9.17, 15) is 13.2 Å². The molecule has 8 heteroatoms. The third kappa shape index (κ3) is 4.44. The number of fused-ring (bicyclic) bond motifs is 2. The van der Waals surface area contributed by atoms with Gasteiger partial charge in [-0.05, 0) is 61.6 Å². The summed E-state index contributed by atoms with van der Waals surface area (Å²) in [6, 6.07) is 12.0. The van der Waals surface area contributed by atoms with E-state index in [4.69, 9.17) is 14.2 Å². The van der Waals surface area contributed by atoms with E-state index in [1.807, 2.05) is 11.0 Å². The van der Waals surface area contributed by atoms with Crippen LogP contribution in [0.15, 0.2) is 53.4 Å². The maximum atomic E-state index is 13.1. The average Bonchev–Trinajstić information content (AvgIpc) is 3.11. The number of piperidine rings is 1. The van der Waals surface area contributed by atoms with Crippen LogP contribution in [0.25, 0.3) is 6.08 Å². The molecule has 176 valence electrons. The lowest BCUT2D eigenvalue weighted by Gasteiger charge is -2.38. The van der Waals surface area contributed by atoms with E-state index in [-0.39, 0.29) is 18.0 Å². The molecule has 0 N–H and O–H groups in total. The minimum atomic E-state index is -3.41. The first-order valence-corrected chi connectivity index (χ1v) is 12.5. The molecule has 2 aliphatic rings. The number of hydrogen-bond donors (Lipinski definition) is 0. The molecule has 2 aromatic carbocycles. The van der Waals surface area contributed by atoms with Gasteiger partial charge in [-0.2, -0.15) is 0 Å². The monoisotopic (exact) mass is 471 g/mol. The van der Waals surface area contributed by atoms with Gasteiger partial charge in [0.25, 0.3) is 0 Å². The smallest absolute Gasteiger partial charge is 0.247 e. The third-order valence-electron chi connectivity index (χ3n) is 6.56. The van der Waals surface area contributed by atoms with Gasteiger partial charge in [0.15, 0.2) is 21.3 Å². The van der Waals surface area contributed by atoms with Crippen molar-refractivity contribution in [2.45, 2.75) is 47.9 Å². The quantitative estimate of drug-likeness (QED) is 0.573. The summed E-state index contributed by atoms with van der Waals surface area (Å²) in [4.78, 5) is 15.3. The predicted molar refractivity (Wildman–Crippen MR) is 125 cm³/mol. The third-order valence-corrected chi connectivity index (χ3v) is 8.75. The normalized spacial score (nSPS) is 22.4. The van der Waals surface area contributed by atoms with Crippen LogP contribution in [-0.2, 0) is 14.6 Å². The lowest BCUT2D eigenvalue weighted by molar-refractivity contribution is -0.130. The molecule has 4 rings (SSSR count). The molecular formula is C25H29NO6S. The fraction of sp³-hybridized carbons (Fsp3) is 0.400. The zero-order valence-corrected chi connectivity index (χ0v) is 19.9. The molecule has 2 unspecified atom stereocenters. The maximum Gasteiger partial charge on any atom is 0.247 e. The van der Waals surface area contributed by atoms with E-state index in [0.717, 1.165) is 18.4 Å². The average molecular weight is 472 g/mol. The summed E-state index contributed by atoms with van der Waals surface area (Å²) in [7, 11) is 1.21. The number of methoxy groups -OCH3 is 3. The molecule has 0 spiro atoms. The number of nitrogens with zero attached hydrogens (tertiary/aromatic N) is 1. The minimum absolute atomic E-state index is 0.0654. The molecule has 0 aliphatic carbocycles. The molecule has 2 fully saturated rings. The highest BCUT2D eigenvalue weighted by atomic mass is 32.2. The first kappa shape index (κ1) is 23.2. The molecule has 2 saturated heterocycles. The second-order valence-corrected chi connectivity index (χ2v) is 10.6. The second kappa shape index (κ2) is 9.47. The molecule has 2 aliphatic heterocycles. The summed E-state index contributed by atoms with van der Waals surface area (Å²) >= 11 is 0. The number of amides is 1. The van der Waals surface area contributed by atoms with E-state index in [2.05, 4.69) is 0 Å². The molecule has 2 atom stereocenters. The molecule has 2 bridgehead atoms. The Balaban J connectivity index is 1.50. The van der Waals surface area contributed by atoms with Gasteiger partial charge in [0.2, 0.25) is 11.7 Å². The Morgan fingerprint density at radius 3 is 2.03 bits per heavy atom. The van der Waals surface area contributed by atoms with Gasteiger partial charge in [-0.1, -0.05) is 18.2 Å². The standard InChI is InChI=1S/C25H29NO6S/c1-30-22-13-17(14-23(31-2)25(22)32-3)9-12-24(27)26-18-10-11-19(26)16-21(15-18)33(28,29)20-7-5-4-6-8-20/h4-9,12-14,18-19,21H,10-11,15-16H2,1-3H3/b12-9+. The van der Waals surface area contributed by atoms with Gasteiger partial charge in [-0.25, -0.2) is 8.42 Å². The van der Waals surface area contributed by atoms with E-state index in [1.165, 1.54) is 13.2 Å². The Hall–Kier alpha value is -3.00. The van der Waals surface area contributed by atoms with Crippen LogP contribution >= 0.6 is 0 Å². The van der Waals surface area contributed by atoms with Crippen LogP contribution < -0.4 is 14.2 Å². The Labute approximate surface area is 194 Å². The Kier molecular flexibility index (Phi) is 6.65. The van der Waals surface area contributed by atoms with E-state index in [1.54, 1.807) is 56.7 Å². The van der Waals surface area contributed by atoms with Crippen LogP contribution in [0.3, 0.4) is 0 Å². The molecule has 2 heterocycles. The number of ether oxygens (including phenoxy) is 3. The minimum Gasteiger partial charge on any atom is -0.493 e. The highest BCUT2D eigenvalue weighted by molar-refractivity contribution is 7.92. The van der Waals surface area contributed by atoms with Crippen molar-refractivity contribution in [3.8, 4) is 17.2 Å². The van der Waals surface area contributed by atoms with Crippen LogP contribution in [0, 0.1) is 0 Å². The van der Waals surface area contributed by atoms with E-state index >= 15 is 0 Å². The molecule has 1 amide bonds. The summed E-state index contributed by atoms with van der Waals surface area (Å²) in [6.07, 6.45) is 5.86. The lowest BCUT2D eigenvalue weighted by Crippen LogP contribution is -2.49. The molecular weight excluding hydrogens is 442 g/mol. The van der Waals surface area contributed by atoms with Crippen molar-refractivity contribution < 1.29 is 27.4 Å². The van der Waals surface area contributed by atoms with Crippen molar-refractivity contribution in [1.29, 1.82) is 0 Å². The van der Waals surface area contributed by atoms with Crippen LogP contribution in [0.2, 0.25) is 0 Å². The van der Waals surface area contributed by atoms with Crippen molar-refractivity contribution >= 4 is 21.8 Å². The highest BCUT2D eigenvalue weighted by Gasteiger charge is 2.46. The fourth-order valence-corrected chi connectivity index (χ4v) is 6.87. The molecule has 33 heavy (non-hydrogen) atoms. The maximum absolute atomic E-state index is 13.1. The van der Waals surface area contributed by atoms with Crippen molar-refractivity contribution in [1.82, 2.24) is 4.90 Å². The Morgan fingerprint density at radius 2 is 1.52 bits per heavy atom. The Bertz CT molecular complexity index is 1110. The second-order valence-electron chi connectivity index (χ2n) is 8.37. The van der Waals surface area contributed by atoms with E-state index < -0.39 is 15.1 Å². The molecule has 0 radical (unpaired) electrons. The Morgan fingerprint density at radius 1 is 0.939 bits per heavy atom. The first-order chi connectivity index (χ1) is 15.9. The van der Waals surface area contributed by atoms with Crippen molar-refractivity contribution in [2.75, 3.05) is 21.3 Å². The summed E-state index contributed by atoms with van der Waals surface area (Å²) in [6.45, 7) is 0. The van der Waals surface area contributed by atoms with Gasteiger partial charge < -0.3 is 19.1 Å². The van der Waals surface area contributed by atoms with Crippen LogP contribution in [0.1, 0.15) is 31.2 Å². The van der Waals surface area contributed by atoms with Gasteiger partial charge in [-0.15, -0.1) is 0 Å². The van der Waals surface area contributed by atoms with Gasteiger partial charge in [-0.3, -0.25) is 4.79 Å². The fourth-order valence-electron chi connectivity index (χ4n) is 4.99. The van der Waals surface area contributed by atoms with Crippen molar-refractivity contribution in [2.24, 2.45) is 0 Å². The van der Waals surface area contributed by atoms with Crippen molar-refractivity contribution in [3.63, 3.8) is 0 Å². The zero-order chi connectivity index (χ0) is 23.6. The van der Waals surface area contributed by atoms with Crippen molar-refractivity contribution in [3.05, 3.63) is 54.1 Å². The number of carbonyl (C=O) groups is 1. The first-order valence-electron chi connectivity index (χ1n) is 11.0. The highest BCUT2D eigenvalue weighted by Crippen LogP contribution is 2.41. The molecule has 7 nitrogen and oxygen atoms in total. The summed E-state index contributed by atoms with van der Waals surface area (Å²) in [5.41, 5.74) is 0.742. The van der Waals surface area contributed by atoms with E-state index in [0.29, 0.717) is 35.0 Å². The van der Waals surface area contributed by atoms with Gasteiger partial charge in [0, 0.05) is 18.2 Å². The number of hydrogen-bond acceptors (Lipinski definition) is 6. The number of benzene rings is 2. The topological polar surface area (TPSA) is 82.1 Å². The van der Waals surface area contributed by atoms with Crippen LogP contribution in [0.5, 0.6) is 17.2 Å². The molecule has 0 aromatic heterocycles. The number of rotatable bonds is 7. The largest absolute Gasteiger partial charge is 0.493 e. The van der Waals surface area contributed by atoms with Gasteiger partial charge >= 0.3 is 0 Å². The zero-order valence-electron chi connectivity index (χ0n) is 19.1. The van der Waals surface area contributed by atoms with Crippen LogP contribution in [0.4, 0.5) is 0 Å². The number of carbonyl (C=O) groups excluding carboxylic acids is 1.